The molecule has 0 spiro atoms. The first-order chi connectivity index (χ1) is 10.0. The highest BCUT2D eigenvalue weighted by Crippen LogP contribution is 2.16. The van der Waals surface area contributed by atoms with Gasteiger partial charge < -0.3 is 15.5 Å². The zero-order chi connectivity index (χ0) is 15.2. The molecule has 1 aliphatic rings. The lowest BCUT2D eigenvalue weighted by atomic mass is 9.97. The minimum absolute atomic E-state index is 0.00533. The van der Waals surface area contributed by atoms with Crippen LogP contribution >= 0.6 is 0 Å². The molecule has 1 fully saturated rings. The van der Waals surface area contributed by atoms with Gasteiger partial charge in [0, 0.05) is 37.6 Å². The number of carbonyl (C=O) groups excluding carboxylic acids is 1. The number of nitrogens with two attached hydrogens (primary N) is 1. The van der Waals surface area contributed by atoms with Crippen molar-refractivity contribution in [2.75, 3.05) is 39.5 Å². The summed E-state index contributed by atoms with van der Waals surface area (Å²) in [5.74, 6) is 0.840. The van der Waals surface area contributed by atoms with Crippen molar-refractivity contribution in [1.29, 1.82) is 0 Å². The smallest absolute Gasteiger partial charge is 0.246 e. The van der Waals surface area contributed by atoms with E-state index in [1.54, 1.807) is 29.4 Å². The fraction of sp³-hybridized carbons (Fsp3) is 0.533. The van der Waals surface area contributed by atoms with Crippen LogP contribution in [0.2, 0.25) is 0 Å². The van der Waals surface area contributed by atoms with Crippen LogP contribution in [-0.2, 0) is 4.79 Å². The summed E-state index contributed by atoms with van der Waals surface area (Å²) >= 11 is 0. The maximum atomic E-state index is 12.1. The van der Waals surface area contributed by atoms with Crippen molar-refractivity contribution >= 4 is 17.9 Å². The maximum absolute atomic E-state index is 12.1. The lowest BCUT2D eigenvalue weighted by molar-refractivity contribution is -0.125. The SMILES string of the molecule is CN1CCC(CN(C)C(=O)C=Cc2cnc(N)nc2)CC1. The third-order valence-corrected chi connectivity index (χ3v) is 3.86. The van der Waals surface area contributed by atoms with Gasteiger partial charge in [0.15, 0.2) is 0 Å². The predicted octanol–water partition coefficient (Wildman–Crippen LogP) is 0.872. The van der Waals surface area contributed by atoms with E-state index >= 15 is 0 Å². The Kier molecular flexibility index (Phi) is 5.27. The van der Waals surface area contributed by atoms with E-state index in [0.29, 0.717) is 5.92 Å². The molecule has 1 aliphatic heterocycles. The second kappa shape index (κ2) is 7.17. The maximum Gasteiger partial charge on any atom is 0.246 e. The number of nitrogen functional groups attached to an aromatic ring is 1. The van der Waals surface area contributed by atoms with Gasteiger partial charge in [-0.2, -0.15) is 0 Å². The average molecular weight is 289 g/mol. The molecule has 0 atom stereocenters. The number of hydrogen-bond acceptors (Lipinski definition) is 5. The van der Waals surface area contributed by atoms with Gasteiger partial charge in [0.2, 0.25) is 11.9 Å². The van der Waals surface area contributed by atoms with Crippen LogP contribution in [0.1, 0.15) is 18.4 Å². The lowest BCUT2D eigenvalue weighted by Crippen LogP contribution is -2.37. The van der Waals surface area contributed by atoms with Crippen molar-refractivity contribution in [2.45, 2.75) is 12.8 Å². The molecule has 0 bridgehead atoms. The number of likely N-dealkylation sites (tertiary alicyclic amines) is 1. The van der Waals surface area contributed by atoms with Gasteiger partial charge in [-0.1, -0.05) is 0 Å². The van der Waals surface area contributed by atoms with Crippen molar-refractivity contribution in [1.82, 2.24) is 19.8 Å². The van der Waals surface area contributed by atoms with E-state index in [9.17, 15) is 4.79 Å². The van der Waals surface area contributed by atoms with E-state index in [4.69, 9.17) is 5.73 Å². The summed E-state index contributed by atoms with van der Waals surface area (Å²) in [6.07, 6.45) is 8.79. The second-order valence-corrected chi connectivity index (χ2v) is 5.67. The standard InChI is InChI=1S/C15H23N5O/c1-19-7-5-12(6-8-19)11-20(2)14(21)4-3-13-9-17-15(16)18-10-13/h3-4,9-10,12H,5-8,11H2,1-2H3,(H2,16,17,18). The molecule has 1 aromatic rings. The Bertz CT molecular complexity index is 491. The molecule has 2 N–H and O–H groups in total. The Labute approximate surface area is 125 Å². The molecule has 1 amide bonds. The Morgan fingerprint density at radius 3 is 2.67 bits per heavy atom. The summed E-state index contributed by atoms with van der Waals surface area (Å²) in [7, 11) is 3.99. The van der Waals surface area contributed by atoms with Gasteiger partial charge in [0.25, 0.3) is 0 Å². The van der Waals surface area contributed by atoms with Gasteiger partial charge in [-0.25, -0.2) is 9.97 Å². The van der Waals surface area contributed by atoms with E-state index < -0.39 is 0 Å². The van der Waals surface area contributed by atoms with E-state index in [2.05, 4.69) is 21.9 Å². The van der Waals surface area contributed by atoms with Crippen molar-refractivity contribution < 1.29 is 4.79 Å². The Hall–Kier alpha value is -1.95. The van der Waals surface area contributed by atoms with Crippen molar-refractivity contribution in [3.63, 3.8) is 0 Å². The van der Waals surface area contributed by atoms with Crippen molar-refractivity contribution in [3.8, 4) is 0 Å². The lowest BCUT2D eigenvalue weighted by Gasteiger charge is -2.31. The van der Waals surface area contributed by atoms with E-state index in [1.807, 2.05) is 7.05 Å². The molecule has 2 heterocycles. The van der Waals surface area contributed by atoms with Gasteiger partial charge in [-0.3, -0.25) is 4.79 Å². The van der Waals surface area contributed by atoms with Gasteiger partial charge in [-0.15, -0.1) is 0 Å². The van der Waals surface area contributed by atoms with Gasteiger partial charge >= 0.3 is 0 Å². The number of rotatable bonds is 4. The Balaban J connectivity index is 1.83. The summed E-state index contributed by atoms with van der Waals surface area (Å²) in [5, 5.41) is 0. The molecule has 1 saturated heterocycles. The minimum atomic E-state index is 0.00533. The molecule has 114 valence electrons. The van der Waals surface area contributed by atoms with Crippen LogP contribution < -0.4 is 5.73 Å². The van der Waals surface area contributed by atoms with E-state index in [1.165, 1.54) is 0 Å². The number of aromatic nitrogens is 2. The molecule has 1 aromatic heterocycles. The van der Waals surface area contributed by atoms with Crippen molar-refractivity contribution in [2.24, 2.45) is 5.92 Å². The molecule has 0 aliphatic carbocycles. The molecule has 21 heavy (non-hydrogen) atoms. The average Bonchev–Trinajstić information content (AvgIpc) is 2.48. The monoisotopic (exact) mass is 289 g/mol. The third-order valence-electron chi connectivity index (χ3n) is 3.86. The molecular formula is C15H23N5O. The zero-order valence-electron chi connectivity index (χ0n) is 12.7. The first-order valence-corrected chi connectivity index (χ1v) is 7.24. The Morgan fingerprint density at radius 1 is 1.43 bits per heavy atom. The summed E-state index contributed by atoms with van der Waals surface area (Å²) in [6.45, 7) is 3.05. The summed E-state index contributed by atoms with van der Waals surface area (Å²) < 4.78 is 0. The number of amides is 1. The molecular weight excluding hydrogens is 266 g/mol. The normalized spacial score (nSPS) is 17.2. The van der Waals surface area contributed by atoms with E-state index in [0.717, 1.165) is 38.0 Å². The van der Waals surface area contributed by atoms with Crippen LogP contribution in [0, 0.1) is 5.92 Å². The number of nitrogens with zero attached hydrogens (tertiary/aromatic N) is 4. The number of anilines is 1. The summed E-state index contributed by atoms with van der Waals surface area (Å²) in [6, 6.07) is 0. The quantitative estimate of drug-likeness (QED) is 0.833. The van der Waals surface area contributed by atoms with Crippen LogP contribution in [-0.4, -0.2) is 59.4 Å². The van der Waals surface area contributed by atoms with Gasteiger partial charge in [-0.05, 0) is 45.0 Å². The van der Waals surface area contributed by atoms with Crippen LogP contribution in [0.3, 0.4) is 0 Å². The molecule has 0 aromatic carbocycles. The van der Waals surface area contributed by atoms with Crippen LogP contribution in [0.4, 0.5) is 5.95 Å². The largest absolute Gasteiger partial charge is 0.368 e. The third kappa shape index (κ3) is 4.82. The number of likely N-dealkylation sites (N-methyl/N-ethyl adjacent to an activating group) is 1. The predicted molar refractivity (Wildman–Crippen MR) is 83.3 cm³/mol. The fourth-order valence-electron chi connectivity index (χ4n) is 2.45. The second-order valence-electron chi connectivity index (χ2n) is 5.67. The van der Waals surface area contributed by atoms with E-state index in [-0.39, 0.29) is 11.9 Å². The molecule has 0 saturated carbocycles. The topological polar surface area (TPSA) is 75.3 Å². The first kappa shape index (κ1) is 15.4. The molecule has 0 unspecified atom stereocenters. The Morgan fingerprint density at radius 2 is 2.05 bits per heavy atom. The minimum Gasteiger partial charge on any atom is -0.368 e. The highest BCUT2D eigenvalue weighted by atomic mass is 16.2. The van der Waals surface area contributed by atoms with Crippen LogP contribution in [0.15, 0.2) is 18.5 Å². The van der Waals surface area contributed by atoms with Crippen LogP contribution in [0.25, 0.3) is 6.08 Å². The number of piperidine rings is 1. The highest BCUT2D eigenvalue weighted by molar-refractivity contribution is 5.91. The number of hydrogen-bond donors (Lipinski definition) is 1. The molecule has 6 heteroatoms. The van der Waals surface area contributed by atoms with Crippen LogP contribution in [0.5, 0.6) is 0 Å². The highest BCUT2D eigenvalue weighted by Gasteiger charge is 2.19. The van der Waals surface area contributed by atoms with Crippen molar-refractivity contribution in [3.05, 3.63) is 24.0 Å². The zero-order valence-corrected chi connectivity index (χ0v) is 12.7. The van der Waals surface area contributed by atoms with Gasteiger partial charge in [0.05, 0.1) is 0 Å². The first-order valence-electron chi connectivity index (χ1n) is 7.24. The summed E-state index contributed by atoms with van der Waals surface area (Å²) in [4.78, 5) is 24.0. The number of carbonyl (C=O) groups is 1. The molecule has 0 radical (unpaired) electrons. The van der Waals surface area contributed by atoms with Gasteiger partial charge in [0.1, 0.15) is 0 Å². The molecule has 2 rings (SSSR count). The molecule has 6 nitrogen and oxygen atoms in total. The summed E-state index contributed by atoms with van der Waals surface area (Å²) in [5.41, 5.74) is 6.19. The fourth-order valence-corrected chi connectivity index (χ4v) is 2.45.